The minimum atomic E-state index is 0.775. The Hall–Kier alpha value is -1.22. The zero-order valence-corrected chi connectivity index (χ0v) is 5.52. The Morgan fingerprint density at radius 3 is 2.70 bits per heavy atom. The van der Waals surface area contributed by atoms with E-state index < -0.39 is 0 Å². The Balaban J connectivity index is 2.41. The topological polar surface area (TPSA) is 36.1 Å². The first-order valence-corrected chi connectivity index (χ1v) is 3.28. The van der Waals surface area contributed by atoms with Gasteiger partial charge in [-0.3, -0.25) is 0 Å². The summed E-state index contributed by atoms with van der Waals surface area (Å²) in [6, 6.07) is 8.08. The molecule has 52 valence electrons. The number of hydrogen-bond acceptors (Lipinski definition) is 3. The molecule has 1 heterocycles. The normalized spacial score (nSPS) is 14.8. The molecule has 3 heteroatoms. The second kappa shape index (κ2) is 2.19. The summed E-state index contributed by atoms with van der Waals surface area (Å²) in [5.74, 6) is 0. The van der Waals surface area contributed by atoms with Gasteiger partial charge in [-0.05, 0) is 12.1 Å². The van der Waals surface area contributed by atoms with E-state index in [9.17, 15) is 0 Å². The van der Waals surface area contributed by atoms with Crippen LogP contribution in [-0.4, -0.2) is 6.67 Å². The van der Waals surface area contributed by atoms with Crippen LogP contribution in [0.2, 0.25) is 0 Å². The fourth-order valence-electron chi connectivity index (χ4n) is 1.03. The van der Waals surface area contributed by atoms with Gasteiger partial charge in [0.25, 0.3) is 0 Å². The van der Waals surface area contributed by atoms with Gasteiger partial charge >= 0.3 is 0 Å². The fraction of sp³-hybridized carbons (Fsp3) is 0.143. The highest BCUT2D eigenvalue weighted by molar-refractivity contribution is 5.69. The van der Waals surface area contributed by atoms with E-state index >= 15 is 0 Å². The van der Waals surface area contributed by atoms with Crippen LogP contribution in [0.1, 0.15) is 0 Å². The highest BCUT2D eigenvalue weighted by atomic mass is 15.4. The van der Waals surface area contributed by atoms with Crippen LogP contribution in [0.15, 0.2) is 24.3 Å². The van der Waals surface area contributed by atoms with Crippen molar-refractivity contribution in [1.29, 1.82) is 0 Å². The number of hydrazine groups is 1. The van der Waals surface area contributed by atoms with Gasteiger partial charge < -0.3 is 10.7 Å². The summed E-state index contributed by atoms with van der Waals surface area (Å²) in [5, 5.41) is 3.19. The molecule has 0 unspecified atom stereocenters. The number of nitrogens with one attached hydrogen (secondary N) is 3. The first kappa shape index (κ1) is 5.56. The van der Waals surface area contributed by atoms with Gasteiger partial charge in [0.2, 0.25) is 0 Å². The first-order chi connectivity index (χ1) is 4.97. The highest BCUT2D eigenvalue weighted by Gasteiger charge is 2.02. The minimum absolute atomic E-state index is 0.775. The average molecular weight is 135 g/mol. The maximum absolute atomic E-state index is 3.19. The van der Waals surface area contributed by atoms with Gasteiger partial charge in [-0.1, -0.05) is 12.1 Å². The Morgan fingerprint density at radius 1 is 1.10 bits per heavy atom. The van der Waals surface area contributed by atoms with Crippen LogP contribution < -0.4 is 16.2 Å². The van der Waals surface area contributed by atoms with E-state index in [0.29, 0.717) is 0 Å². The highest BCUT2D eigenvalue weighted by Crippen LogP contribution is 2.20. The van der Waals surface area contributed by atoms with Crippen LogP contribution in [0, 0.1) is 0 Å². The largest absolute Gasteiger partial charge is 0.369 e. The molecular formula is C7H9N3. The summed E-state index contributed by atoms with van der Waals surface area (Å²) in [6.07, 6.45) is 0. The lowest BCUT2D eigenvalue weighted by Gasteiger charge is -2.19. The zero-order valence-electron chi connectivity index (χ0n) is 5.52. The number of hydrogen-bond donors (Lipinski definition) is 3. The molecule has 1 aromatic rings. The van der Waals surface area contributed by atoms with Crippen LogP contribution in [-0.2, 0) is 0 Å². The molecule has 1 aliphatic rings. The zero-order chi connectivity index (χ0) is 6.81. The second-order valence-corrected chi connectivity index (χ2v) is 2.20. The minimum Gasteiger partial charge on any atom is -0.369 e. The smallest absolute Gasteiger partial charge is 0.0828 e. The summed E-state index contributed by atoms with van der Waals surface area (Å²) < 4.78 is 0. The maximum Gasteiger partial charge on any atom is 0.0828 e. The molecule has 0 amide bonds. The third kappa shape index (κ3) is 0.804. The van der Waals surface area contributed by atoms with Crippen LogP contribution >= 0.6 is 0 Å². The third-order valence-corrected chi connectivity index (χ3v) is 1.52. The van der Waals surface area contributed by atoms with Gasteiger partial charge in [-0.2, -0.15) is 0 Å². The summed E-state index contributed by atoms with van der Waals surface area (Å²) in [7, 11) is 0. The molecule has 0 aromatic heterocycles. The SMILES string of the molecule is c1ccc2c(c1)NCNN2. The maximum atomic E-state index is 3.19. The van der Waals surface area contributed by atoms with Crippen molar-refractivity contribution in [2.24, 2.45) is 0 Å². The van der Waals surface area contributed by atoms with Gasteiger partial charge in [0.1, 0.15) is 0 Å². The van der Waals surface area contributed by atoms with Crippen molar-refractivity contribution in [2.75, 3.05) is 17.4 Å². The van der Waals surface area contributed by atoms with Gasteiger partial charge in [0, 0.05) is 0 Å². The molecule has 10 heavy (non-hydrogen) atoms. The standard InChI is InChI=1S/C7H9N3/c1-2-4-7-6(3-1)8-5-9-10-7/h1-4,8-10H,5H2. The van der Waals surface area contributed by atoms with E-state index in [-0.39, 0.29) is 0 Å². The summed E-state index contributed by atoms with van der Waals surface area (Å²) >= 11 is 0. The molecule has 0 saturated heterocycles. The Morgan fingerprint density at radius 2 is 1.90 bits per heavy atom. The van der Waals surface area contributed by atoms with Crippen molar-refractivity contribution < 1.29 is 0 Å². The average Bonchev–Trinajstić information content (AvgIpc) is 2.05. The lowest BCUT2D eigenvalue weighted by molar-refractivity contribution is 0.833. The lowest BCUT2D eigenvalue weighted by Crippen LogP contribution is -2.32. The van der Waals surface area contributed by atoms with Crippen molar-refractivity contribution in [3.8, 4) is 0 Å². The molecule has 0 fully saturated rings. The fourth-order valence-corrected chi connectivity index (χ4v) is 1.03. The third-order valence-electron chi connectivity index (χ3n) is 1.52. The number of rotatable bonds is 0. The molecule has 0 aliphatic carbocycles. The van der Waals surface area contributed by atoms with E-state index in [1.54, 1.807) is 0 Å². The van der Waals surface area contributed by atoms with Gasteiger partial charge in [0.05, 0.1) is 18.0 Å². The molecule has 0 spiro atoms. The number of benzene rings is 1. The Kier molecular flexibility index (Phi) is 1.22. The first-order valence-electron chi connectivity index (χ1n) is 3.28. The van der Waals surface area contributed by atoms with E-state index in [1.807, 2.05) is 24.3 Å². The monoisotopic (exact) mass is 135 g/mol. The van der Waals surface area contributed by atoms with Crippen LogP contribution in [0.3, 0.4) is 0 Å². The van der Waals surface area contributed by atoms with Crippen molar-refractivity contribution in [2.45, 2.75) is 0 Å². The molecule has 3 nitrogen and oxygen atoms in total. The van der Waals surface area contributed by atoms with Crippen molar-refractivity contribution in [1.82, 2.24) is 5.43 Å². The molecule has 3 N–H and O–H groups in total. The molecule has 0 radical (unpaired) electrons. The lowest BCUT2D eigenvalue weighted by atomic mass is 10.2. The van der Waals surface area contributed by atoms with E-state index in [0.717, 1.165) is 18.0 Å². The Labute approximate surface area is 59.4 Å². The van der Waals surface area contributed by atoms with E-state index in [1.165, 1.54) is 0 Å². The summed E-state index contributed by atoms with van der Waals surface area (Å²) in [6.45, 7) is 0.775. The molecule has 1 aromatic carbocycles. The summed E-state index contributed by atoms with van der Waals surface area (Å²) in [5.41, 5.74) is 8.29. The van der Waals surface area contributed by atoms with Crippen LogP contribution in [0.5, 0.6) is 0 Å². The van der Waals surface area contributed by atoms with E-state index in [4.69, 9.17) is 0 Å². The number of anilines is 2. The van der Waals surface area contributed by atoms with E-state index in [2.05, 4.69) is 16.2 Å². The van der Waals surface area contributed by atoms with Crippen molar-refractivity contribution >= 4 is 11.4 Å². The quantitative estimate of drug-likeness (QED) is 0.496. The number of fused-ring (bicyclic) bond motifs is 1. The van der Waals surface area contributed by atoms with Crippen molar-refractivity contribution in [3.63, 3.8) is 0 Å². The second-order valence-electron chi connectivity index (χ2n) is 2.20. The predicted octanol–water partition coefficient (Wildman–Crippen LogP) is 0.986. The molecule has 0 bridgehead atoms. The Bertz CT molecular complexity index is 209. The van der Waals surface area contributed by atoms with Gasteiger partial charge in [0.15, 0.2) is 0 Å². The molecule has 1 aliphatic heterocycles. The number of para-hydroxylation sites is 2. The van der Waals surface area contributed by atoms with Crippen molar-refractivity contribution in [3.05, 3.63) is 24.3 Å². The summed E-state index contributed by atoms with van der Waals surface area (Å²) in [4.78, 5) is 0. The van der Waals surface area contributed by atoms with Gasteiger partial charge in [-0.25, -0.2) is 5.43 Å². The van der Waals surface area contributed by atoms with Crippen LogP contribution in [0.4, 0.5) is 11.4 Å². The molecular weight excluding hydrogens is 126 g/mol. The molecule has 2 rings (SSSR count). The molecule has 0 atom stereocenters. The van der Waals surface area contributed by atoms with Crippen LogP contribution in [0.25, 0.3) is 0 Å². The predicted molar refractivity (Wildman–Crippen MR) is 41.7 cm³/mol. The van der Waals surface area contributed by atoms with Gasteiger partial charge in [-0.15, -0.1) is 0 Å². The molecule has 0 saturated carbocycles.